The smallest absolute Gasteiger partial charge is 0.0475 e. The van der Waals surface area contributed by atoms with E-state index in [-0.39, 0.29) is 0 Å². The molecule has 2 aromatic heterocycles. The second-order valence-electron chi connectivity index (χ2n) is 16.1. The summed E-state index contributed by atoms with van der Waals surface area (Å²) in [4.78, 5) is 4.75. The number of anilines is 6. The number of rotatable bonds is 9. The van der Waals surface area contributed by atoms with Crippen LogP contribution in [-0.2, 0) is 0 Å². The van der Waals surface area contributed by atoms with Crippen LogP contribution < -0.4 is 9.80 Å². The Bertz CT molecular complexity index is 3290. The Morgan fingerprint density at radius 1 is 0.234 bits per heavy atom. The molecule has 2 heterocycles. The molecular formula is C60H40N2S2. The van der Waals surface area contributed by atoms with Gasteiger partial charge in [0.15, 0.2) is 0 Å². The Kier molecular flexibility index (Phi) is 9.59. The lowest BCUT2D eigenvalue weighted by Crippen LogP contribution is -2.09. The molecule has 10 aromatic carbocycles. The van der Waals surface area contributed by atoms with E-state index in [1.54, 1.807) is 0 Å². The number of nitrogens with zero attached hydrogens (tertiary/aromatic N) is 2. The molecule has 0 bridgehead atoms. The highest BCUT2D eigenvalue weighted by Gasteiger charge is 2.21. The summed E-state index contributed by atoms with van der Waals surface area (Å²) < 4.78 is 5.17. The molecule has 0 saturated heterocycles. The van der Waals surface area contributed by atoms with Crippen molar-refractivity contribution >= 4 is 97.1 Å². The Morgan fingerprint density at radius 3 is 0.938 bits per heavy atom. The quantitative estimate of drug-likeness (QED) is 0.143. The van der Waals surface area contributed by atoms with Crippen LogP contribution in [-0.4, -0.2) is 0 Å². The first kappa shape index (κ1) is 38.0. The van der Waals surface area contributed by atoms with Crippen molar-refractivity contribution < 1.29 is 0 Å². The van der Waals surface area contributed by atoms with Crippen molar-refractivity contribution in [1.29, 1.82) is 0 Å². The van der Waals surface area contributed by atoms with Crippen LogP contribution in [0.3, 0.4) is 0 Å². The molecule has 4 heteroatoms. The second kappa shape index (κ2) is 16.2. The first-order valence-electron chi connectivity index (χ1n) is 21.7. The van der Waals surface area contributed by atoms with Crippen molar-refractivity contribution in [3.63, 3.8) is 0 Å². The van der Waals surface area contributed by atoms with Gasteiger partial charge in [0.2, 0.25) is 0 Å². The van der Waals surface area contributed by atoms with E-state index < -0.39 is 0 Å². The van der Waals surface area contributed by atoms with Crippen molar-refractivity contribution in [2.75, 3.05) is 9.80 Å². The summed E-state index contributed by atoms with van der Waals surface area (Å²) in [6.07, 6.45) is 0. The summed E-state index contributed by atoms with van der Waals surface area (Å²) in [5.41, 5.74) is 13.9. The van der Waals surface area contributed by atoms with E-state index >= 15 is 0 Å². The maximum Gasteiger partial charge on any atom is 0.0475 e. The minimum absolute atomic E-state index is 1.12. The first-order chi connectivity index (χ1) is 31.7. The summed E-state index contributed by atoms with van der Waals surface area (Å²) in [6, 6.07) is 88.3. The van der Waals surface area contributed by atoms with Crippen molar-refractivity contribution in [2.24, 2.45) is 0 Å². The van der Waals surface area contributed by atoms with Crippen LogP contribution in [0.5, 0.6) is 0 Å². The predicted molar refractivity (Wildman–Crippen MR) is 278 cm³/mol. The minimum Gasteiger partial charge on any atom is -0.310 e. The van der Waals surface area contributed by atoms with Crippen LogP contribution >= 0.6 is 22.7 Å². The zero-order valence-electron chi connectivity index (χ0n) is 34.8. The fraction of sp³-hybridized carbons (Fsp3) is 0. The average molecular weight is 853 g/mol. The van der Waals surface area contributed by atoms with Gasteiger partial charge in [0.25, 0.3) is 0 Å². The molecule has 0 N–H and O–H groups in total. The number of hydrogen-bond acceptors (Lipinski definition) is 4. The third kappa shape index (κ3) is 6.81. The standard InChI is InChI=1S/C60H40N2S2/c1-5-23-45(24-6-1)61(46-25-7-2-8-26-46)49-37-53(59-55(39-49)51-31-13-15-33-57(51)63-59)43-21-17-19-41(35-43)42-20-18-22-44(36-42)54-38-50(40-56-52-32-14-16-34-58(52)64-60(54)56)62(47-27-9-3-10-28-47)48-29-11-4-12-30-48/h1-40H. The monoisotopic (exact) mass is 852 g/mol. The van der Waals surface area contributed by atoms with Crippen molar-refractivity contribution in [3.8, 4) is 33.4 Å². The number of benzene rings is 10. The molecular weight excluding hydrogens is 813 g/mol. The molecule has 0 aliphatic heterocycles. The Balaban J connectivity index is 1.02. The number of fused-ring (bicyclic) bond motifs is 6. The molecule has 0 radical (unpaired) electrons. The van der Waals surface area contributed by atoms with Gasteiger partial charge in [0.05, 0.1) is 0 Å². The summed E-state index contributed by atoms with van der Waals surface area (Å²) in [6.45, 7) is 0. The zero-order valence-corrected chi connectivity index (χ0v) is 36.4. The third-order valence-corrected chi connectivity index (χ3v) is 14.6. The van der Waals surface area contributed by atoms with Gasteiger partial charge >= 0.3 is 0 Å². The van der Waals surface area contributed by atoms with Crippen molar-refractivity contribution in [1.82, 2.24) is 0 Å². The van der Waals surface area contributed by atoms with Gasteiger partial charge in [-0.1, -0.05) is 146 Å². The largest absolute Gasteiger partial charge is 0.310 e. The predicted octanol–water partition coefficient (Wildman–Crippen LogP) is 18.4. The highest BCUT2D eigenvalue weighted by molar-refractivity contribution is 7.26. The van der Waals surface area contributed by atoms with Gasteiger partial charge in [-0.05, 0) is 119 Å². The number of thiophene rings is 2. The first-order valence-corrected chi connectivity index (χ1v) is 23.3. The topological polar surface area (TPSA) is 6.48 Å². The Labute approximate surface area is 380 Å². The minimum atomic E-state index is 1.12. The summed E-state index contributed by atoms with van der Waals surface area (Å²) in [7, 11) is 0. The average Bonchev–Trinajstić information content (AvgIpc) is 3.94. The van der Waals surface area contributed by atoms with E-state index in [2.05, 4.69) is 252 Å². The second-order valence-corrected chi connectivity index (χ2v) is 18.2. The fourth-order valence-corrected chi connectivity index (χ4v) is 11.7. The molecule has 64 heavy (non-hydrogen) atoms. The Morgan fingerprint density at radius 2 is 0.562 bits per heavy atom. The maximum absolute atomic E-state index is 2.39. The molecule has 302 valence electrons. The molecule has 0 atom stereocenters. The molecule has 0 saturated carbocycles. The molecule has 12 rings (SSSR count). The molecule has 0 aliphatic rings. The molecule has 0 fully saturated rings. The fourth-order valence-electron chi connectivity index (χ4n) is 9.25. The lowest BCUT2D eigenvalue weighted by atomic mass is 9.94. The van der Waals surface area contributed by atoms with Crippen LogP contribution in [0.4, 0.5) is 34.1 Å². The lowest BCUT2D eigenvalue weighted by molar-refractivity contribution is 1.29. The van der Waals surface area contributed by atoms with Gasteiger partial charge in [0, 0.05) is 85.6 Å². The highest BCUT2D eigenvalue weighted by atomic mass is 32.1. The van der Waals surface area contributed by atoms with E-state index in [0.717, 1.165) is 34.1 Å². The van der Waals surface area contributed by atoms with Crippen LogP contribution in [0.1, 0.15) is 0 Å². The van der Waals surface area contributed by atoms with Crippen molar-refractivity contribution in [3.05, 3.63) is 243 Å². The van der Waals surface area contributed by atoms with Gasteiger partial charge in [0.1, 0.15) is 0 Å². The van der Waals surface area contributed by atoms with Gasteiger partial charge in [-0.15, -0.1) is 22.7 Å². The SMILES string of the molecule is c1ccc(N(c2ccccc2)c2cc(-c3cccc(-c4cccc(-c5cc(N(c6ccccc6)c6ccccc6)cc6c5sc5ccccc56)c4)c3)c3sc4ccccc4c3c2)cc1. The molecule has 2 nitrogen and oxygen atoms in total. The molecule has 0 spiro atoms. The van der Waals surface area contributed by atoms with Crippen LogP contribution in [0, 0.1) is 0 Å². The maximum atomic E-state index is 2.39. The van der Waals surface area contributed by atoms with E-state index in [0.29, 0.717) is 0 Å². The molecule has 12 aromatic rings. The van der Waals surface area contributed by atoms with E-state index in [1.807, 2.05) is 22.7 Å². The summed E-state index contributed by atoms with van der Waals surface area (Å²) in [5.74, 6) is 0. The molecule has 0 unspecified atom stereocenters. The van der Waals surface area contributed by atoms with Gasteiger partial charge in [-0.3, -0.25) is 0 Å². The normalized spacial score (nSPS) is 11.4. The molecule has 0 aliphatic carbocycles. The van der Waals surface area contributed by atoms with Crippen LogP contribution in [0.2, 0.25) is 0 Å². The van der Waals surface area contributed by atoms with Crippen LogP contribution in [0.15, 0.2) is 243 Å². The van der Waals surface area contributed by atoms with Crippen LogP contribution in [0.25, 0.3) is 73.7 Å². The number of hydrogen-bond donors (Lipinski definition) is 0. The summed E-state index contributed by atoms with van der Waals surface area (Å²) >= 11 is 3.76. The lowest BCUT2D eigenvalue weighted by Gasteiger charge is -2.26. The zero-order chi connectivity index (χ0) is 42.4. The summed E-state index contributed by atoms with van der Waals surface area (Å²) in [5, 5.41) is 5.10. The third-order valence-electron chi connectivity index (χ3n) is 12.2. The van der Waals surface area contributed by atoms with E-state index in [4.69, 9.17) is 0 Å². The molecule has 0 amide bonds. The van der Waals surface area contributed by atoms with E-state index in [9.17, 15) is 0 Å². The van der Waals surface area contributed by atoms with Gasteiger partial charge < -0.3 is 9.80 Å². The van der Waals surface area contributed by atoms with Gasteiger partial charge in [-0.2, -0.15) is 0 Å². The van der Waals surface area contributed by atoms with Gasteiger partial charge in [-0.25, -0.2) is 0 Å². The van der Waals surface area contributed by atoms with E-state index in [1.165, 1.54) is 73.7 Å². The van der Waals surface area contributed by atoms with Crippen molar-refractivity contribution in [2.45, 2.75) is 0 Å². The number of para-hydroxylation sites is 4. The Hall–Kier alpha value is -7.76. The highest BCUT2D eigenvalue weighted by Crippen LogP contribution is 2.48.